The fourth-order valence-electron chi connectivity index (χ4n) is 3.21. The zero-order chi connectivity index (χ0) is 16.4. The molecule has 1 atom stereocenters. The molecule has 23 heavy (non-hydrogen) atoms. The van der Waals surface area contributed by atoms with Gasteiger partial charge in [-0.25, -0.2) is 0 Å². The quantitative estimate of drug-likeness (QED) is 0.904. The molecule has 0 saturated carbocycles. The van der Waals surface area contributed by atoms with Crippen LogP contribution in [0.25, 0.3) is 10.9 Å². The van der Waals surface area contributed by atoms with Crippen molar-refractivity contribution in [2.75, 3.05) is 20.2 Å². The lowest BCUT2D eigenvalue weighted by Gasteiger charge is -2.30. The molecule has 122 valence electrons. The number of hydrogen-bond acceptors (Lipinski definition) is 3. The lowest BCUT2D eigenvalue weighted by molar-refractivity contribution is -0.145. The van der Waals surface area contributed by atoms with Crippen LogP contribution in [0, 0.1) is 5.92 Å². The van der Waals surface area contributed by atoms with E-state index < -0.39 is 11.9 Å². The third-order valence-corrected chi connectivity index (χ3v) is 4.43. The number of aromatic amines is 1. The van der Waals surface area contributed by atoms with E-state index in [-0.39, 0.29) is 12.3 Å². The molecule has 1 aromatic heterocycles. The van der Waals surface area contributed by atoms with E-state index in [1.165, 1.54) is 0 Å². The minimum atomic E-state index is -0.823. The minimum Gasteiger partial charge on any atom is -0.496 e. The highest BCUT2D eigenvalue weighted by atomic mass is 16.5. The summed E-state index contributed by atoms with van der Waals surface area (Å²) in [5.74, 6) is -0.585. The van der Waals surface area contributed by atoms with E-state index in [2.05, 4.69) is 4.98 Å². The van der Waals surface area contributed by atoms with Gasteiger partial charge in [-0.3, -0.25) is 9.59 Å². The Morgan fingerprint density at radius 3 is 3.00 bits per heavy atom. The van der Waals surface area contributed by atoms with Crippen molar-refractivity contribution in [3.63, 3.8) is 0 Å². The summed E-state index contributed by atoms with van der Waals surface area (Å²) in [5.41, 5.74) is 1.80. The van der Waals surface area contributed by atoms with Gasteiger partial charge in [0, 0.05) is 30.2 Å². The molecule has 0 aliphatic carbocycles. The average Bonchev–Trinajstić information content (AvgIpc) is 2.98. The molecule has 3 rings (SSSR count). The summed E-state index contributed by atoms with van der Waals surface area (Å²) in [6.45, 7) is 0.926. The Morgan fingerprint density at radius 1 is 1.43 bits per heavy atom. The van der Waals surface area contributed by atoms with Crippen LogP contribution in [-0.4, -0.2) is 47.1 Å². The van der Waals surface area contributed by atoms with E-state index in [4.69, 9.17) is 9.84 Å². The Labute approximate surface area is 134 Å². The van der Waals surface area contributed by atoms with Gasteiger partial charge in [0.1, 0.15) is 5.75 Å². The molecule has 6 heteroatoms. The van der Waals surface area contributed by atoms with Crippen molar-refractivity contribution in [1.29, 1.82) is 0 Å². The van der Waals surface area contributed by atoms with Crippen LogP contribution in [0.2, 0.25) is 0 Å². The van der Waals surface area contributed by atoms with Gasteiger partial charge in [-0.2, -0.15) is 0 Å². The third-order valence-electron chi connectivity index (χ3n) is 4.43. The number of piperidine rings is 1. The number of benzene rings is 1. The number of aromatic nitrogens is 1. The Morgan fingerprint density at radius 2 is 2.26 bits per heavy atom. The van der Waals surface area contributed by atoms with Crippen LogP contribution in [0.15, 0.2) is 24.4 Å². The number of methoxy groups -OCH3 is 1. The molecule has 1 saturated heterocycles. The second kappa shape index (κ2) is 6.32. The molecule has 2 heterocycles. The standard InChI is InChI=1S/C17H20N2O4/c1-23-14-6-2-5-13-16(14)12(9-18-13)8-15(20)19-7-3-4-11(10-19)17(21)22/h2,5-6,9,11,18H,3-4,7-8,10H2,1H3,(H,21,22). The van der Waals surface area contributed by atoms with Crippen molar-refractivity contribution < 1.29 is 19.4 Å². The van der Waals surface area contributed by atoms with Gasteiger partial charge < -0.3 is 19.7 Å². The van der Waals surface area contributed by atoms with Crippen LogP contribution in [0.3, 0.4) is 0 Å². The molecule has 1 amide bonds. The lowest BCUT2D eigenvalue weighted by atomic mass is 9.97. The topological polar surface area (TPSA) is 82.6 Å². The van der Waals surface area contributed by atoms with E-state index in [0.717, 1.165) is 28.6 Å². The SMILES string of the molecule is COc1cccc2[nH]cc(CC(=O)N3CCCC(C(=O)O)C3)c12. The highest BCUT2D eigenvalue weighted by Gasteiger charge is 2.28. The van der Waals surface area contributed by atoms with Crippen molar-refractivity contribution >= 4 is 22.8 Å². The van der Waals surface area contributed by atoms with Gasteiger partial charge in [0.05, 0.1) is 19.4 Å². The van der Waals surface area contributed by atoms with Crippen molar-refractivity contribution in [3.05, 3.63) is 30.0 Å². The zero-order valence-electron chi connectivity index (χ0n) is 13.0. The average molecular weight is 316 g/mol. The van der Waals surface area contributed by atoms with E-state index in [1.807, 2.05) is 24.4 Å². The maximum atomic E-state index is 12.6. The number of amides is 1. The Hall–Kier alpha value is -2.50. The first-order valence-electron chi connectivity index (χ1n) is 7.73. The number of carboxylic acid groups (broad SMARTS) is 1. The zero-order valence-corrected chi connectivity index (χ0v) is 13.0. The molecule has 2 aromatic rings. The van der Waals surface area contributed by atoms with Gasteiger partial charge in [0.15, 0.2) is 0 Å². The Bertz CT molecular complexity index is 737. The van der Waals surface area contributed by atoms with E-state index in [0.29, 0.717) is 19.5 Å². The molecule has 1 aliphatic rings. The largest absolute Gasteiger partial charge is 0.496 e. The predicted molar refractivity (Wildman–Crippen MR) is 85.5 cm³/mol. The van der Waals surface area contributed by atoms with Crippen molar-refractivity contribution in [1.82, 2.24) is 9.88 Å². The first kappa shape index (κ1) is 15.4. The van der Waals surface area contributed by atoms with E-state index in [1.54, 1.807) is 12.0 Å². The number of nitrogens with zero attached hydrogens (tertiary/aromatic N) is 1. The molecule has 0 radical (unpaired) electrons. The van der Waals surface area contributed by atoms with Gasteiger partial charge in [0.25, 0.3) is 0 Å². The molecule has 1 aliphatic heterocycles. The van der Waals surface area contributed by atoms with Gasteiger partial charge in [0.2, 0.25) is 5.91 Å². The normalized spacial score (nSPS) is 18.1. The number of aliphatic carboxylic acids is 1. The number of fused-ring (bicyclic) bond motifs is 1. The number of nitrogens with one attached hydrogen (secondary N) is 1. The van der Waals surface area contributed by atoms with Crippen molar-refractivity contribution in [3.8, 4) is 5.75 Å². The molecule has 1 aromatic carbocycles. The van der Waals surface area contributed by atoms with Crippen LogP contribution in [0.1, 0.15) is 18.4 Å². The number of ether oxygens (including phenoxy) is 1. The minimum absolute atomic E-state index is 0.0391. The fourth-order valence-corrected chi connectivity index (χ4v) is 3.21. The van der Waals surface area contributed by atoms with Gasteiger partial charge >= 0.3 is 5.97 Å². The Kier molecular flexibility index (Phi) is 4.23. The van der Waals surface area contributed by atoms with Crippen LogP contribution in [0.4, 0.5) is 0 Å². The molecular formula is C17H20N2O4. The summed E-state index contributed by atoms with van der Waals surface area (Å²) < 4.78 is 5.38. The first-order valence-corrected chi connectivity index (χ1v) is 7.73. The number of rotatable bonds is 4. The van der Waals surface area contributed by atoms with E-state index >= 15 is 0 Å². The smallest absolute Gasteiger partial charge is 0.308 e. The molecule has 0 bridgehead atoms. The fraction of sp³-hybridized carbons (Fsp3) is 0.412. The first-order chi connectivity index (χ1) is 11.1. The highest BCUT2D eigenvalue weighted by Crippen LogP contribution is 2.29. The van der Waals surface area contributed by atoms with Gasteiger partial charge in [-0.05, 0) is 30.5 Å². The molecule has 6 nitrogen and oxygen atoms in total. The van der Waals surface area contributed by atoms with Crippen molar-refractivity contribution in [2.45, 2.75) is 19.3 Å². The molecule has 1 fully saturated rings. The number of likely N-dealkylation sites (tertiary alicyclic amines) is 1. The van der Waals surface area contributed by atoms with Crippen LogP contribution >= 0.6 is 0 Å². The monoisotopic (exact) mass is 316 g/mol. The van der Waals surface area contributed by atoms with Crippen LogP contribution in [0.5, 0.6) is 5.75 Å². The predicted octanol–water partition coefficient (Wildman–Crippen LogP) is 2.04. The summed E-state index contributed by atoms with van der Waals surface area (Å²) in [6.07, 6.45) is 3.44. The lowest BCUT2D eigenvalue weighted by Crippen LogP contribution is -2.42. The number of carboxylic acids is 1. The van der Waals surface area contributed by atoms with Crippen molar-refractivity contribution in [2.24, 2.45) is 5.92 Å². The number of hydrogen-bond donors (Lipinski definition) is 2. The molecule has 2 N–H and O–H groups in total. The third kappa shape index (κ3) is 3.02. The number of carbonyl (C=O) groups is 2. The summed E-state index contributed by atoms with van der Waals surface area (Å²) in [4.78, 5) is 28.5. The second-order valence-corrected chi connectivity index (χ2v) is 5.89. The maximum Gasteiger partial charge on any atom is 0.308 e. The molecule has 1 unspecified atom stereocenters. The van der Waals surface area contributed by atoms with Crippen LogP contribution in [-0.2, 0) is 16.0 Å². The second-order valence-electron chi connectivity index (χ2n) is 5.89. The summed E-state index contributed by atoms with van der Waals surface area (Å²) in [6, 6.07) is 5.70. The molecule has 0 spiro atoms. The summed E-state index contributed by atoms with van der Waals surface area (Å²) >= 11 is 0. The van der Waals surface area contributed by atoms with Gasteiger partial charge in [-0.15, -0.1) is 0 Å². The van der Waals surface area contributed by atoms with E-state index in [9.17, 15) is 9.59 Å². The number of H-pyrrole nitrogens is 1. The highest BCUT2D eigenvalue weighted by molar-refractivity contribution is 5.93. The number of carbonyl (C=O) groups excluding carboxylic acids is 1. The van der Waals surface area contributed by atoms with Crippen LogP contribution < -0.4 is 4.74 Å². The summed E-state index contributed by atoms with van der Waals surface area (Å²) in [5, 5.41) is 10.1. The molecular weight excluding hydrogens is 296 g/mol. The van der Waals surface area contributed by atoms with Gasteiger partial charge in [-0.1, -0.05) is 6.07 Å². The summed E-state index contributed by atoms with van der Waals surface area (Å²) in [7, 11) is 1.61. The Balaban J connectivity index is 1.79. The maximum absolute atomic E-state index is 12.6.